The van der Waals surface area contributed by atoms with E-state index in [1.807, 2.05) is 121 Å². The fraction of sp³-hybridized carbons (Fsp3) is 0.483. The van der Waals surface area contributed by atoms with E-state index < -0.39 is 147 Å². The van der Waals surface area contributed by atoms with Crippen molar-refractivity contribution in [2.75, 3.05) is 19.8 Å². The predicted octanol–water partition coefficient (Wildman–Crippen LogP) is 5.32. The summed E-state index contributed by atoms with van der Waals surface area (Å²) in [6, 6.07) is 37.4. The minimum atomic E-state index is -1.98. The molecule has 0 saturated carbocycles. The first kappa shape index (κ1) is 63.4. The summed E-state index contributed by atoms with van der Waals surface area (Å²) in [4.78, 5) is 90.2. The Kier molecular flexibility index (Phi) is 24.0. The molecule has 3 fully saturated rings. The normalized spacial score (nSPS) is 27.7. The maximum absolute atomic E-state index is 13.5. The first-order chi connectivity index (χ1) is 39.9. The summed E-state index contributed by atoms with van der Waals surface area (Å²) in [6.45, 7) is 6.32. The monoisotopic (exact) mass is 1160 g/mol. The van der Waals surface area contributed by atoms with Crippen LogP contribution in [-0.4, -0.2) is 154 Å². The molecule has 15 atom stereocenters. The van der Waals surface area contributed by atoms with Crippen molar-refractivity contribution in [1.29, 1.82) is 0 Å². The minimum absolute atomic E-state index is 0.0195. The van der Waals surface area contributed by atoms with E-state index in [4.69, 9.17) is 75.8 Å². The number of hydrogen-bond acceptors (Lipinski definition) is 23. The van der Waals surface area contributed by atoms with Gasteiger partial charge in [-0.2, -0.15) is 0 Å². The smallest absolute Gasteiger partial charge is 0.305 e. The molecule has 3 heterocycles. The van der Waals surface area contributed by atoms with Gasteiger partial charge in [-0.3, -0.25) is 33.6 Å². The summed E-state index contributed by atoms with van der Waals surface area (Å²) < 4.78 is 101. The molecule has 3 saturated heterocycles. The second kappa shape index (κ2) is 31.5. The van der Waals surface area contributed by atoms with Crippen LogP contribution in [0.15, 0.2) is 121 Å². The third kappa shape index (κ3) is 19.2. The molecule has 0 spiro atoms. The molecule has 4 aromatic rings. The molecule has 0 bridgehead atoms. The van der Waals surface area contributed by atoms with Crippen LogP contribution in [0, 0.1) is 0 Å². The number of carbonyl (C=O) groups is 7. The van der Waals surface area contributed by atoms with Gasteiger partial charge in [-0.15, -0.1) is 0 Å². The van der Waals surface area contributed by atoms with Crippen molar-refractivity contribution in [2.45, 2.75) is 167 Å². The predicted molar refractivity (Wildman–Crippen MR) is 284 cm³/mol. The maximum Gasteiger partial charge on any atom is 0.305 e. The summed E-state index contributed by atoms with van der Waals surface area (Å²) >= 11 is 0. The molecule has 0 radical (unpaired) electrons. The second-order valence-corrected chi connectivity index (χ2v) is 19.6. The van der Waals surface area contributed by atoms with Gasteiger partial charge < -0.3 is 75.8 Å². The van der Waals surface area contributed by atoms with Crippen molar-refractivity contribution >= 4 is 41.8 Å². The minimum Gasteiger partial charge on any atom is -0.463 e. The highest BCUT2D eigenvalue weighted by Gasteiger charge is 2.60. The fourth-order valence-electron chi connectivity index (χ4n) is 9.57. The van der Waals surface area contributed by atoms with Crippen molar-refractivity contribution in [3.63, 3.8) is 0 Å². The Morgan fingerprint density at radius 2 is 0.627 bits per heavy atom. The fourth-order valence-corrected chi connectivity index (χ4v) is 9.57. The van der Waals surface area contributed by atoms with Gasteiger partial charge in [0, 0.05) is 48.5 Å². The van der Waals surface area contributed by atoms with Crippen LogP contribution in [0.1, 0.15) is 70.7 Å². The van der Waals surface area contributed by atoms with Crippen molar-refractivity contribution in [3.8, 4) is 0 Å². The van der Waals surface area contributed by atoms with Gasteiger partial charge in [-0.25, -0.2) is 0 Å². The SMILES string of the molecule is CC(=O)OCC1OC(OC(C)=O)C(OC2OC(COC(C)=O)C(OC(C)=O)C(OC(C)=O)C2OC2OC(COCc3ccccc3)C(OCc3ccccc3)C(OCc3ccccc3)C2OCc2ccccc2)C(OC(C)=O)C1OC(C)=O. The molecule has 3 aliphatic heterocycles. The molecule has 0 amide bonds. The molecule has 0 aromatic heterocycles. The van der Waals surface area contributed by atoms with Gasteiger partial charge >= 0.3 is 41.8 Å². The quantitative estimate of drug-likeness (QED) is 0.0568. The topological polar surface area (TPSA) is 267 Å². The van der Waals surface area contributed by atoms with Gasteiger partial charge in [0.2, 0.25) is 6.29 Å². The highest BCUT2D eigenvalue weighted by molar-refractivity contribution is 5.69. The van der Waals surface area contributed by atoms with E-state index in [0.29, 0.717) is 0 Å². The summed E-state index contributed by atoms with van der Waals surface area (Å²) in [5, 5.41) is 0. The zero-order chi connectivity index (χ0) is 59.4. The van der Waals surface area contributed by atoms with Gasteiger partial charge in [0.1, 0.15) is 49.8 Å². The largest absolute Gasteiger partial charge is 0.463 e. The third-order valence-electron chi connectivity index (χ3n) is 13.0. The first-order valence-electron chi connectivity index (χ1n) is 26.9. The van der Waals surface area contributed by atoms with Crippen LogP contribution in [0.3, 0.4) is 0 Å². The molecule has 7 rings (SSSR count). The number of hydrogen-bond donors (Lipinski definition) is 0. The first-order valence-corrected chi connectivity index (χ1v) is 26.9. The van der Waals surface area contributed by atoms with Gasteiger partial charge in [-0.1, -0.05) is 121 Å². The van der Waals surface area contributed by atoms with Gasteiger partial charge in [0.25, 0.3) is 0 Å². The van der Waals surface area contributed by atoms with Crippen molar-refractivity contribution in [3.05, 3.63) is 144 Å². The lowest BCUT2D eigenvalue weighted by molar-refractivity contribution is -0.396. The zero-order valence-electron chi connectivity index (χ0n) is 47.0. The van der Waals surface area contributed by atoms with E-state index in [0.717, 1.165) is 70.7 Å². The molecule has 83 heavy (non-hydrogen) atoms. The van der Waals surface area contributed by atoms with Crippen LogP contribution in [-0.2, 0) is 136 Å². The average Bonchev–Trinajstić information content (AvgIpc) is 2.62. The van der Waals surface area contributed by atoms with E-state index >= 15 is 0 Å². The molecular weight excluding hydrogens is 1090 g/mol. The highest BCUT2D eigenvalue weighted by Crippen LogP contribution is 2.39. The number of ether oxygens (including phenoxy) is 16. The number of rotatable bonds is 26. The number of carbonyl (C=O) groups excluding carboxylic acids is 7. The summed E-state index contributed by atoms with van der Waals surface area (Å²) in [6.07, 6.45) is -23.5. The number of esters is 7. The Morgan fingerprint density at radius 3 is 1.01 bits per heavy atom. The summed E-state index contributed by atoms with van der Waals surface area (Å²) in [5.74, 6) is -6.18. The van der Waals surface area contributed by atoms with Crippen LogP contribution in [0.25, 0.3) is 0 Å². The van der Waals surface area contributed by atoms with E-state index in [-0.39, 0.29) is 33.0 Å². The van der Waals surface area contributed by atoms with Crippen molar-refractivity contribution in [1.82, 2.24) is 0 Å². The van der Waals surface area contributed by atoms with E-state index in [2.05, 4.69) is 0 Å². The Bertz CT molecular complexity index is 2710. The molecular formula is C60H70O23. The van der Waals surface area contributed by atoms with Crippen LogP contribution in [0.4, 0.5) is 0 Å². The van der Waals surface area contributed by atoms with Crippen LogP contribution in [0.2, 0.25) is 0 Å². The summed E-state index contributed by atoms with van der Waals surface area (Å²) in [5.41, 5.74) is 3.18. The Labute approximate surface area is 480 Å². The second-order valence-electron chi connectivity index (χ2n) is 19.6. The molecule has 0 N–H and O–H groups in total. The van der Waals surface area contributed by atoms with Crippen molar-refractivity contribution in [2.24, 2.45) is 0 Å². The van der Waals surface area contributed by atoms with Crippen LogP contribution < -0.4 is 0 Å². The van der Waals surface area contributed by atoms with E-state index in [1.165, 1.54) is 0 Å². The Balaban J connectivity index is 1.40. The highest BCUT2D eigenvalue weighted by atomic mass is 16.8. The van der Waals surface area contributed by atoms with Crippen molar-refractivity contribution < 1.29 is 109 Å². The Morgan fingerprint density at radius 1 is 0.313 bits per heavy atom. The third-order valence-corrected chi connectivity index (χ3v) is 13.0. The zero-order valence-corrected chi connectivity index (χ0v) is 47.0. The molecule has 23 heteroatoms. The van der Waals surface area contributed by atoms with Crippen LogP contribution >= 0.6 is 0 Å². The molecule has 3 aliphatic rings. The van der Waals surface area contributed by atoms with E-state index in [9.17, 15) is 33.6 Å². The molecule has 4 aromatic carbocycles. The summed E-state index contributed by atoms with van der Waals surface area (Å²) in [7, 11) is 0. The van der Waals surface area contributed by atoms with Gasteiger partial charge in [0.05, 0.1) is 33.0 Å². The van der Waals surface area contributed by atoms with Gasteiger partial charge in [0.15, 0.2) is 49.2 Å². The molecule has 0 aliphatic carbocycles. The molecule has 448 valence electrons. The molecule has 15 unspecified atom stereocenters. The maximum atomic E-state index is 13.5. The lowest BCUT2D eigenvalue weighted by Gasteiger charge is -2.51. The lowest BCUT2D eigenvalue weighted by Crippen LogP contribution is -2.69. The van der Waals surface area contributed by atoms with E-state index in [1.54, 1.807) is 0 Å². The standard InChI is InChI=1S/C60H70O23/c1-35(61)69-33-47-50(74-37(3)63)53(76-39(5)65)56(59(80-47)78-41(7)67)83-60-57(54(77-40(6)66)51(75-38(4)64)48(81-60)34-70-36(2)62)82-58-55(73-31-45-26-18-11-19-27-45)52(72-30-44-24-16-10-17-25-44)49(71-29-43-22-14-9-15-23-43)46(79-58)32-68-28-42-20-12-8-13-21-42/h8-27,46-60H,28-34H2,1-7H3. The average molecular weight is 1160 g/mol. The van der Waals surface area contributed by atoms with Crippen LogP contribution in [0.5, 0.6) is 0 Å². The van der Waals surface area contributed by atoms with Gasteiger partial charge in [-0.05, 0) is 22.3 Å². The number of benzene rings is 4. The molecule has 23 nitrogen and oxygen atoms in total. The lowest BCUT2D eigenvalue weighted by atomic mass is 9.95. The Hall–Kier alpha value is -7.19.